The van der Waals surface area contributed by atoms with E-state index in [2.05, 4.69) is 16.4 Å². The van der Waals surface area contributed by atoms with E-state index in [4.69, 9.17) is 0 Å². The standard InChI is InChI=1S/C21H22N4O/c22-15-20(18-8-6-12-23-16-18)24-19-9-3-2-7-17(19)10-11-21(26)25-13-4-1-5-14-25/h2-3,6-12,16,20,24H,1,4-5,13-14H2/b11-10+. The molecule has 5 nitrogen and oxygen atoms in total. The highest BCUT2D eigenvalue weighted by Crippen LogP contribution is 2.23. The fourth-order valence-electron chi connectivity index (χ4n) is 3.05. The number of pyridine rings is 1. The average Bonchev–Trinajstić information content (AvgIpc) is 2.72. The van der Waals surface area contributed by atoms with Gasteiger partial charge in [-0.2, -0.15) is 5.26 Å². The summed E-state index contributed by atoms with van der Waals surface area (Å²) in [6.45, 7) is 1.67. The highest BCUT2D eigenvalue weighted by molar-refractivity contribution is 5.92. The minimum Gasteiger partial charge on any atom is -0.366 e. The van der Waals surface area contributed by atoms with Gasteiger partial charge in [0.2, 0.25) is 5.91 Å². The largest absolute Gasteiger partial charge is 0.366 e. The molecule has 1 aliphatic rings. The number of carbonyl (C=O) groups excluding carboxylic acids is 1. The van der Waals surface area contributed by atoms with Crippen LogP contribution in [0.2, 0.25) is 0 Å². The van der Waals surface area contributed by atoms with Crippen LogP contribution in [-0.2, 0) is 4.79 Å². The van der Waals surface area contributed by atoms with Crippen molar-refractivity contribution in [1.29, 1.82) is 5.26 Å². The molecular formula is C21H22N4O. The van der Waals surface area contributed by atoms with Crippen LogP contribution < -0.4 is 5.32 Å². The van der Waals surface area contributed by atoms with E-state index in [9.17, 15) is 10.1 Å². The Bertz CT molecular complexity index is 804. The van der Waals surface area contributed by atoms with E-state index >= 15 is 0 Å². The van der Waals surface area contributed by atoms with E-state index in [0.29, 0.717) is 0 Å². The minimum absolute atomic E-state index is 0.0450. The van der Waals surface area contributed by atoms with Crippen LogP contribution in [0.5, 0.6) is 0 Å². The van der Waals surface area contributed by atoms with Crippen molar-refractivity contribution in [2.24, 2.45) is 0 Å². The maximum atomic E-state index is 12.3. The Hall–Kier alpha value is -3.13. The van der Waals surface area contributed by atoms with Gasteiger partial charge in [0.15, 0.2) is 0 Å². The van der Waals surface area contributed by atoms with Gasteiger partial charge in [-0.3, -0.25) is 9.78 Å². The molecule has 5 heteroatoms. The van der Waals surface area contributed by atoms with Gasteiger partial charge in [0.05, 0.1) is 6.07 Å². The molecule has 0 bridgehead atoms. The van der Waals surface area contributed by atoms with Crippen LogP contribution in [0, 0.1) is 11.3 Å². The molecular weight excluding hydrogens is 324 g/mol. The number of para-hydroxylation sites is 1. The van der Waals surface area contributed by atoms with E-state index in [-0.39, 0.29) is 5.91 Å². The second kappa shape index (κ2) is 8.82. The minimum atomic E-state index is -0.504. The number of anilines is 1. The van der Waals surface area contributed by atoms with E-state index in [0.717, 1.165) is 42.7 Å². The van der Waals surface area contributed by atoms with Crippen molar-refractivity contribution in [3.05, 3.63) is 66.0 Å². The number of aromatic nitrogens is 1. The molecule has 1 amide bonds. The molecule has 2 heterocycles. The molecule has 1 unspecified atom stereocenters. The normalized spacial score (nSPS) is 15.4. The summed E-state index contributed by atoms with van der Waals surface area (Å²) in [6.07, 6.45) is 10.2. The highest BCUT2D eigenvalue weighted by atomic mass is 16.2. The molecule has 0 aliphatic carbocycles. The Morgan fingerprint density at radius 3 is 2.73 bits per heavy atom. The van der Waals surface area contributed by atoms with Crippen LogP contribution in [0.4, 0.5) is 5.69 Å². The third kappa shape index (κ3) is 4.48. The zero-order chi connectivity index (χ0) is 18.2. The third-order valence-corrected chi connectivity index (χ3v) is 4.48. The number of amides is 1. The Labute approximate surface area is 154 Å². The molecule has 26 heavy (non-hydrogen) atoms. The lowest BCUT2D eigenvalue weighted by Gasteiger charge is -2.25. The van der Waals surface area contributed by atoms with Crippen molar-refractivity contribution in [1.82, 2.24) is 9.88 Å². The fraction of sp³-hybridized carbons (Fsp3) is 0.286. The first kappa shape index (κ1) is 17.7. The van der Waals surface area contributed by atoms with Gasteiger partial charge in [0.25, 0.3) is 0 Å². The van der Waals surface area contributed by atoms with E-state index in [1.54, 1.807) is 18.5 Å². The number of hydrogen-bond donors (Lipinski definition) is 1. The summed E-state index contributed by atoms with van der Waals surface area (Å²) in [5.74, 6) is 0.0450. The van der Waals surface area contributed by atoms with Crippen LogP contribution in [0.15, 0.2) is 54.9 Å². The van der Waals surface area contributed by atoms with Crippen LogP contribution in [0.1, 0.15) is 36.4 Å². The molecule has 3 rings (SSSR count). The smallest absolute Gasteiger partial charge is 0.246 e. The van der Waals surface area contributed by atoms with Gasteiger partial charge < -0.3 is 10.2 Å². The number of nitrogens with one attached hydrogen (secondary N) is 1. The van der Waals surface area contributed by atoms with Crippen LogP contribution in [0.3, 0.4) is 0 Å². The maximum absolute atomic E-state index is 12.3. The maximum Gasteiger partial charge on any atom is 0.246 e. The van der Waals surface area contributed by atoms with Crippen molar-refractivity contribution >= 4 is 17.7 Å². The molecule has 0 spiro atoms. The zero-order valence-corrected chi connectivity index (χ0v) is 14.6. The van der Waals surface area contributed by atoms with Crippen LogP contribution in [0.25, 0.3) is 6.08 Å². The summed E-state index contributed by atoms with van der Waals surface area (Å²) in [4.78, 5) is 18.3. The number of rotatable bonds is 5. The lowest BCUT2D eigenvalue weighted by Crippen LogP contribution is -2.34. The van der Waals surface area contributed by atoms with Gasteiger partial charge >= 0.3 is 0 Å². The van der Waals surface area contributed by atoms with Gasteiger partial charge in [0.1, 0.15) is 6.04 Å². The average molecular weight is 346 g/mol. The van der Waals surface area contributed by atoms with E-state index in [1.807, 2.05) is 47.4 Å². The molecule has 1 aromatic heterocycles. The molecule has 132 valence electrons. The third-order valence-electron chi connectivity index (χ3n) is 4.48. The first-order chi connectivity index (χ1) is 12.8. The summed E-state index contributed by atoms with van der Waals surface area (Å²) in [7, 11) is 0. The Morgan fingerprint density at radius 1 is 1.19 bits per heavy atom. The molecule has 0 saturated carbocycles. The Kier molecular flexibility index (Phi) is 6.00. The number of nitrogens with zero attached hydrogens (tertiary/aromatic N) is 3. The first-order valence-electron chi connectivity index (χ1n) is 8.90. The molecule has 2 aromatic rings. The summed E-state index contributed by atoms with van der Waals surface area (Å²) < 4.78 is 0. The summed E-state index contributed by atoms with van der Waals surface area (Å²) >= 11 is 0. The predicted molar refractivity (Wildman–Crippen MR) is 102 cm³/mol. The number of likely N-dealkylation sites (tertiary alicyclic amines) is 1. The van der Waals surface area contributed by atoms with Crippen LogP contribution in [-0.4, -0.2) is 28.9 Å². The quantitative estimate of drug-likeness (QED) is 0.837. The van der Waals surface area contributed by atoms with Crippen molar-refractivity contribution in [3.8, 4) is 6.07 Å². The molecule has 1 atom stereocenters. The predicted octanol–water partition coefficient (Wildman–Crippen LogP) is 3.78. The monoisotopic (exact) mass is 346 g/mol. The van der Waals surface area contributed by atoms with Crippen molar-refractivity contribution in [3.63, 3.8) is 0 Å². The molecule has 1 fully saturated rings. The number of benzene rings is 1. The Morgan fingerprint density at radius 2 is 2.00 bits per heavy atom. The highest BCUT2D eigenvalue weighted by Gasteiger charge is 2.14. The second-order valence-corrected chi connectivity index (χ2v) is 6.30. The number of carbonyl (C=O) groups is 1. The second-order valence-electron chi connectivity index (χ2n) is 6.30. The number of hydrogen-bond acceptors (Lipinski definition) is 4. The molecule has 0 radical (unpaired) electrons. The SMILES string of the molecule is N#CC(Nc1ccccc1/C=C/C(=O)N1CCCCC1)c1cccnc1. The molecule has 1 aromatic carbocycles. The lowest BCUT2D eigenvalue weighted by molar-refractivity contribution is -0.126. The van der Waals surface area contributed by atoms with Gasteiger partial charge in [-0.25, -0.2) is 0 Å². The summed E-state index contributed by atoms with van der Waals surface area (Å²) in [6, 6.07) is 13.1. The fourth-order valence-corrected chi connectivity index (χ4v) is 3.05. The van der Waals surface area contributed by atoms with Gasteiger partial charge in [-0.15, -0.1) is 0 Å². The van der Waals surface area contributed by atoms with E-state index < -0.39 is 6.04 Å². The molecule has 1 N–H and O–H groups in total. The van der Waals surface area contributed by atoms with Crippen molar-refractivity contribution in [2.75, 3.05) is 18.4 Å². The first-order valence-corrected chi connectivity index (χ1v) is 8.90. The number of piperidine rings is 1. The zero-order valence-electron chi connectivity index (χ0n) is 14.6. The Balaban J connectivity index is 1.74. The topological polar surface area (TPSA) is 69.0 Å². The van der Waals surface area contributed by atoms with Crippen molar-refractivity contribution < 1.29 is 4.79 Å². The summed E-state index contributed by atoms with van der Waals surface area (Å²) in [5.41, 5.74) is 2.49. The van der Waals surface area contributed by atoms with Gasteiger partial charge in [-0.05, 0) is 43.0 Å². The van der Waals surface area contributed by atoms with Gasteiger partial charge in [-0.1, -0.05) is 24.3 Å². The van der Waals surface area contributed by atoms with Crippen LogP contribution >= 0.6 is 0 Å². The van der Waals surface area contributed by atoms with E-state index in [1.165, 1.54) is 6.42 Å². The summed E-state index contributed by atoms with van der Waals surface area (Å²) in [5, 5.41) is 12.7. The van der Waals surface area contributed by atoms with Gasteiger partial charge in [0, 0.05) is 42.8 Å². The number of nitriles is 1. The van der Waals surface area contributed by atoms with Crippen molar-refractivity contribution in [2.45, 2.75) is 25.3 Å². The lowest BCUT2D eigenvalue weighted by atomic mass is 10.1. The molecule has 1 aliphatic heterocycles. The molecule has 1 saturated heterocycles.